The maximum atomic E-state index is 12.8. The first-order valence-electron chi connectivity index (χ1n) is 13.9. The Morgan fingerprint density at radius 1 is 0.882 bits per heavy atom. The summed E-state index contributed by atoms with van der Waals surface area (Å²) < 4.78 is 0. The SMILES string of the molecule is C=C(C)[C@@H]1CC[C@]2(C(=O)O)CC[C@]3(C)[C@H](C[C@@H](O)[C@@H]4[C@@]5(C)CC[C@@H](O)C(C)(C)[C@@H]5CC[C@]43C)[C@@H]12. The van der Waals surface area contributed by atoms with Crippen LogP contribution in [0.15, 0.2) is 12.2 Å². The number of aliphatic hydroxyl groups excluding tert-OH is 2. The van der Waals surface area contributed by atoms with E-state index < -0.39 is 17.5 Å². The zero-order chi connectivity index (χ0) is 25.1. The molecule has 5 aliphatic carbocycles. The smallest absolute Gasteiger partial charge is 0.309 e. The highest BCUT2D eigenvalue weighted by atomic mass is 16.4. The second-order valence-electron chi connectivity index (χ2n) is 14.7. The van der Waals surface area contributed by atoms with Gasteiger partial charge >= 0.3 is 5.97 Å². The molecular weight excluding hydrogens is 424 g/mol. The van der Waals surface area contributed by atoms with Gasteiger partial charge in [0.2, 0.25) is 0 Å². The molecule has 0 aromatic rings. The molecule has 5 saturated carbocycles. The molecule has 34 heavy (non-hydrogen) atoms. The van der Waals surface area contributed by atoms with Crippen LogP contribution in [0.5, 0.6) is 0 Å². The van der Waals surface area contributed by atoms with Crippen LogP contribution in [0.2, 0.25) is 0 Å². The highest BCUT2D eigenvalue weighted by Crippen LogP contribution is 2.77. The van der Waals surface area contributed by atoms with Gasteiger partial charge in [-0.1, -0.05) is 46.8 Å². The minimum Gasteiger partial charge on any atom is -0.481 e. The van der Waals surface area contributed by atoms with Crippen LogP contribution in [0.4, 0.5) is 0 Å². The van der Waals surface area contributed by atoms with Crippen molar-refractivity contribution in [2.45, 2.75) is 112 Å². The first kappa shape index (κ1) is 24.8. The van der Waals surface area contributed by atoms with E-state index in [1.165, 1.54) is 0 Å². The predicted octanol–water partition coefficient (Wildman–Crippen LogP) is 6.06. The number of hydrogen-bond donors (Lipinski definition) is 3. The lowest BCUT2D eigenvalue weighted by molar-refractivity contribution is -0.276. The van der Waals surface area contributed by atoms with Crippen molar-refractivity contribution in [2.75, 3.05) is 0 Å². The molecule has 0 aliphatic heterocycles. The van der Waals surface area contributed by atoms with E-state index in [0.29, 0.717) is 12.3 Å². The highest BCUT2D eigenvalue weighted by molar-refractivity contribution is 5.76. The molecule has 5 rings (SSSR count). The van der Waals surface area contributed by atoms with Crippen LogP contribution in [0, 0.1) is 56.7 Å². The Bertz CT molecular complexity index is 894. The van der Waals surface area contributed by atoms with Crippen molar-refractivity contribution in [2.24, 2.45) is 56.7 Å². The third kappa shape index (κ3) is 2.76. The average Bonchev–Trinajstić information content (AvgIpc) is 3.14. The molecule has 4 nitrogen and oxygen atoms in total. The number of hydrogen-bond acceptors (Lipinski definition) is 3. The summed E-state index contributed by atoms with van der Waals surface area (Å²) in [4.78, 5) is 12.8. The van der Waals surface area contributed by atoms with Gasteiger partial charge in [0.15, 0.2) is 0 Å². The standard InChI is InChI=1S/C30H48O4/c1-17(2)18-8-13-30(25(33)34)15-14-28(6)19(23(18)30)16-20(31)24-27(5)11-10-22(32)26(3,4)21(27)9-12-29(24,28)7/h18-24,31-32H,1,8-16H2,2-7H3,(H,33,34)/t18-,19+,20+,21-,22+,23+,24+,27-,28+,29+,30-/m0/s1. The summed E-state index contributed by atoms with van der Waals surface area (Å²) in [6.45, 7) is 18.2. The predicted molar refractivity (Wildman–Crippen MR) is 134 cm³/mol. The Morgan fingerprint density at radius 2 is 1.56 bits per heavy atom. The lowest BCUT2D eigenvalue weighted by Crippen LogP contribution is -2.70. The van der Waals surface area contributed by atoms with Crippen molar-refractivity contribution in [3.05, 3.63) is 12.2 Å². The van der Waals surface area contributed by atoms with Crippen LogP contribution in [0.3, 0.4) is 0 Å². The molecule has 0 unspecified atom stereocenters. The number of aliphatic carboxylic acids is 1. The van der Waals surface area contributed by atoms with Gasteiger partial charge < -0.3 is 15.3 Å². The molecule has 0 aromatic heterocycles. The fourth-order valence-electron chi connectivity index (χ4n) is 11.6. The van der Waals surface area contributed by atoms with Gasteiger partial charge in [-0.05, 0) is 116 Å². The van der Waals surface area contributed by atoms with Crippen LogP contribution in [0.25, 0.3) is 0 Å². The zero-order valence-corrected chi connectivity index (χ0v) is 22.4. The number of carboxylic acids is 1. The lowest BCUT2D eigenvalue weighted by Gasteiger charge is -2.73. The van der Waals surface area contributed by atoms with Crippen molar-refractivity contribution in [1.29, 1.82) is 0 Å². The Kier molecular flexibility index (Phi) is 5.36. The van der Waals surface area contributed by atoms with E-state index in [0.717, 1.165) is 56.9 Å². The summed E-state index contributed by atoms with van der Waals surface area (Å²) in [5.74, 6) is 0.484. The minimum absolute atomic E-state index is 0.00606. The average molecular weight is 473 g/mol. The summed E-state index contributed by atoms with van der Waals surface area (Å²) in [6.07, 6.45) is 7.30. The zero-order valence-electron chi connectivity index (χ0n) is 22.4. The molecule has 0 heterocycles. The Morgan fingerprint density at radius 3 is 2.18 bits per heavy atom. The van der Waals surface area contributed by atoms with Gasteiger partial charge in [0.25, 0.3) is 0 Å². The van der Waals surface area contributed by atoms with Crippen LogP contribution < -0.4 is 0 Å². The molecule has 11 atom stereocenters. The molecule has 5 fully saturated rings. The van der Waals surface area contributed by atoms with E-state index >= 15 is 0 Å². The number of aliphatic hydroxyl groups is 2. The van der Waals surface area contributed by atoms with Gasteiger partial charge in [0, 0.05) is 0 Å². The van der Waals surface area contributed by atoms with Crippen molar-refractivity contribution >= 4 is 5.97 Å². The van der Waals surface area contributed by atoms with E-state index in [1.807, 2.05) is 0 Å². The number of rotatable bonds is 2. The Labute approximate surface area is 206 Å². The molecule has 0 aromatic carbocycles. The fourth-order valence-corrected chi connectivity index (χ4v) is 11.6. The maximum absolute atomic E-state index is 12.8. The summed E-state index contributed by atoms with van der Waals surface area (Å²) in [6, 6.07) is 0. The molecular formula is C30H48O4. The van der Waals surface area contributed by atoms with E-state index in [2.05, 4.69) is 48.1 Å². The molecule has 4 heteroatoms. The van der Waals surface area contributed by atoms with Gasteiger partial charge in [0.05, 0.1) is 17.6 Å². The molecule has 0 bridgehead atoms. The van der Waals surface area contributed by atoms with E-state index in [-0.39, 0.29) is 51.4 Å². The summed E-state index contributed by atoms with van der Waals surface area (Å²) >= 11 is 0. The maximum Gasteiger partial charge on any atom is 0.309 e. The second kappa shape index (κ2) is 7.34. The monoisotopic (exact) mass is 472 g/mol. The van der Waals surface area contributed by atoms with Crippen molar-refractivity contribution in [1.82, 2.24) is 0 Å². The first-order chi connectivity index (χ1) is 15.7. The second-order valence-corrected chi connectivity index (χ2v) is 14.7. The summed E-state index contributed by atoms with van der Waals surface area (Å²) in [5.41, 5.74) is 0.284. The van der Waals surface area contributed by atoms with E-state index in [9.17, 15) is 20.1 Å². The summed E-state index contributed by atoms with van der Waals surface area (Å²) in [5, 5.41) is 33.4. The van der Waals surface area contributed by atoms with Gasteiger partial charge in [0.1, 0.15) is 0 Å². The fraction of sp³-hybridized carbons (Fsp3) is 0.900. The Balaban J connectivity index is 1.61. The van der Waals surface area contributed by atoms with Crippen molar-refractivity contribution in [3.63, 3.8) is 0 Å². The number of allylic oxidation sites excluding steroid dienone is 1. The molecule has 5 aliphatic rings. The van der Waals surface area contributed by atoms with Crippen molar-refractivity contribution < 1.29 is 20.1 Å². The van der Waals surface area contributed by atoms with Crippen molar-refractivity contribution in [3.8, 4) is 0 Å². The number of carboxylic acid groups (broad SMARTS) is 1. The first-order valence-corrected chi connectivity index (χ1v) is 13.9. The highest BCUT2D eigenvalue weighted by Gasteiger charge is 2.73. The number of fused-ring (bicyclic) bond motifs is 7. The molecule has 192 valence electrons. The number of carbonyl (C=O) groups is 1. The molecule has 0 amide bonds. The molecule has 0 spiro atoms. The molecule has 0 saturated heterocycles. The third-order valence-corrected chi connectivity index (χ3v) is 13.4. The van der Waals surface area contributed by atoms with E-state index in [1.54, 1.807) is 0 Å². The third-order valence-electron chi connectivity index (χ3n) is 13.4. The van der Waals surface area contributed by atoms with Crippen LogP contribution in [0.1, 0.15) is 99.3 Å². The van der Waals surface area contributed by atoms with E-state index in [4.69, 9.17) is 0 Å². The Hall–Kier alpha value is -0.870. The quantitative estimate of drug-likeness (QED) is 0.427. The van der Waals surface area contributed by atoms with Gasteiger partial charge in [-0.2, -0.15) is 0 Å². The van der Waals surface area contributed by atoms with Crippen LogP contribution >= 0.6 is 0 Å². The van der Waals surface area contributed by atoms with Crippen LogP contribution in [-0.2, 0) is 4.79 Å². The van der Waals surface area contributed by atoms with Gasteiger partial charge in [-0.15, -0.1) is 0 Å². The minimum atomic E-state index is -0.658. The topological polar surface area (TPSA) is 77.8 Å². The van der Waals surface area contributed by atoms with Gasteiger partial charge in [-0.25, -0.2) is 0 Å². The normalized spacial score (nSPS) is 55.9. The lowest BCUT2D eigenvalue weighted by atomic mass is 9.31. The van der Waals surface area contributed by atoms with Crippen LogP contribution in [-0.4, -0.2) is 33.5 Å². The molecule has 3 N–H and O–H groups in total. The van der Waals surface area contributed by atoms with Gasteiger partial charge in [-0.3, -0.25) is 4.79 Å². The summed E-state index contributed by atoms with van der Waals surface area (Å²) in [7, 11) is 0. The largest absolute Gasteiger partial charge is 0.481 e. The molecule has 0 radical (unpaired) electrons.